The largest absolute Gasteiger partial charge is 0.493 e. The van der Waals surface area contributed by atoms with Gasteiger partial charge < -0.3 is 19.7 Å². The van der Waals surface area contributed by atoms with Crippen molar-refractivity contribution in [3.05, 3.63) is 53.9 Å². The molecule has 1 N–H and O–H groups in total. The predicted molar refractivity (Wildman–Crippen MR) is 96.4 cm³/mol. The molecule has 0 amide bonds. The van der Waals surface area contributed by atoms with Crippen LogP contribution in [0.3, 0.4) is 0 Å². The van der Waals surface area contributed by atoms with Gasteiger partial charge >= 0.3 is 0 Å². The lowest BCUT2D eigenvalue weighted by Crippen LogP contribution is -2.21. The quantitative estimate of drug-likeness (QED) is 0.679. The number of rotatable bonds is 10. The number of hydrogen-bond acceptors (Lipinski definition) is 5. The van der Waals surface area contributed by atoms with Gasteiger partial charge in [0, 0.05) is 24.5 Å². The Morgan fingerprint density at radius 3 is 2.71 bits per heavy atom. The average molecular weight is 329 g/mol. The summed E-state index contributed by atoms with van der Waals surface area (Å²) in [5, 5.41) is 3.46. The van der Waals surface area contributed by atoms with Crippen LogP contribution in [0.5, 0.6) is 11.5 Å². The third-order valence-electron chi connectivity index (χ3n) is 3.63. The van der Waals surface area contributed by atoms with Gasteiger partial charge in [-0.05, 0) is 57.4 Å². The van der Waals surface area contributed by atoms with Crippen molar-refractivity contribution in [3.8, 4) is 11.5 Å². The van der Waals surface area contributed by atoms with Crippen LogP contribution in [0.15, 0.2) is 42.7 Å². The van der Waals surface area contributed by atoms with E-state index in [-0.39, 0.29) is 0 Å². The van der Waals surface area contributed by atoms with Crippen LogP contribution in [0.4, 0.5) is 0 Å². The molecule has 5 heteroatoms. The highest BCUT2D eigenvalue weighted by Gasteiger charge is 2.06. The highest BCUT2D eigenvalue weighted by atomic mass is 16.5. The summed E-state index contributed by atoms with van der Waals surface area (Å²) in [4.78, 5) is 6.30. The molecule has 0 saturated carbocycles. The van der Waals surface area contributed by atoms with Crippen LogP contribution < -0.4 is 14.8 Å². The Kier molecular flexibility index (Phi) is 7.52. The minimum atomic E-state index is 0.476. The van der Waals surface area contributed by atoms with Crippen molar-refractivity contribution in [2.24, 2.45) is 0 Å². The number of pyridine rings is 1. The predicted octanol–water partition coefficient (Wildman–Crippen LogP) is 2.71. The van der Waals surface area contributed by atoms with Crippen LogP contribution in [0, 0.1) is 0 Å². The van der Waals surface area contributed by atoms with E-state index >= 15 is 0 Å². The number of nitrogens with zero attached hydrogens (tertiary/aromatic N) is 2. The summed E-state index contributed by atoms with van der Waals surface area (Å²) in [6, 6.07) is 9.96. The van der Waals surface area contributed by atoms with Gasteiger partial charge in [0.2, 0.25) is 0 Å². The van der Waals surface area contributed by atoms with Gasteiger partial charge in [0.1, 0.15) is 6.61 Å². The molecule has 1 heterocycles. The first-order valence-electron chi connectivity index (χ1n) is 8.23. The number of aromatic nitrogens is 1. The second kappa shape index (κ2) is 9.90. The first kappa shape index (κ1) is 18.2. The van der Waals surface area contributed by atoms with Crippen molar-refractivity contribution in [2.45, 2.75) is 19.6 Å². The standard InChI is InChI=1S/C19H27N3O2/c1-22(2)11-5-10-21-13-16-7-8-18(23-3)19(12-16)24-15-17-6-4-9-20-14-17/h4,6-9,12,14,21H,5,10-11,13,15H2,1-3H3. The number of ether oxygens (including phenoxy) is 2. The van der Waals surface area contributed by atoms with Gasteiger partial charge in [-0.15, -0.1) is 0 Å². The summed E-state index contributed by atoms with van der Waals surface area (Å²) in [6.07, 6.45) is 4.70. The lowest BCUT2D eigenvalue weighted by atomic mass is 10.2. The fourth-order valence-corrected chi connectivity index (χ4v) is 2.34. The Morgan fingerprint density at radius 1 is 1.12 bits per heavy atom. The topological polar surface area (TPSA) is 46.6 Å². The van der Waals surface area contributed by atoms with E-state index in [0.717, 1.165) is 43.1 Å². The first-order valence-corrected chi connectivity index (χ1v) is 8.23. The summed E-state index contributed by atoms with van der Waals surface area (Å²) in [5.41, 5.74) is 2.22. The molecule has 24 heavy (non-hydrogen) atoms. The van der Waals surface area contributed by atoms with Gasteiger partial charge in [-0.2, -0.15) is 0 Å². The molecule has 0 aliphatic carbocycles. The molecule has 1 aromatic heterocycles. The molecule has 2 rings (SSSR count). The van der Waals surface area contributed by atoms with Gasteiger partial charge in [-0.25, -0.2) is 0 Å². The van der Waals surface area contributed by atoms with Crippen LogP contribution in [0.2, 0.25) is 0 Å². The maximum Gasteiger partial charge on any atom is 0.161 e. The molecule has 0 saturated heterocycles. The molecule has 0 aliphatic rings. The number of nitrogens with one attached hydrogen (secondary N) is 1. The maximum absolute atomic E-state index is 5.91. The van der Waals surface area contributed by atoms with Crippen LogP contribution in [0.25, 0.3) is 0 Å². The van der Waals surface area contributed by atoms with E-state index < -0.39 is 0 Å². The fraction of sp³-hybridized carbons (Fsp3) is 0.421. The molecule has 0 fully saturated rings. The van der Waals surface area contributed by atoms with Crippen LogP contribution >= 0.6 is 0 Å². The van der Waals surface area contributed by atoms with E-state index in [4.69, 9.17) is 9.47 Å². The van der Waals surface area contributed by atoms with Crippen LogP contribution in [0.1, 0.15) is 17.5 Å². The van der Waals surface area contributed by atoms with Crippen molar-refractivity contribution < 1.29 is 9.47 Å². The van der Waals surface area contributed by atoms with E-state index in [1.807, 2.05) is 30.5 Å². The molecule has 0 atom stereocenters. The Labute approximate surface area is 144 Å². The third-order valence-corrected chi connectivity index (χ3v) is 3.63. The summed E-state index contributed by atoms with van der Waals surface area (Å²) < 4.78 is 11.3. The molecule has 0 aliphatic heterocycles. The normalized spacial score (nSPS) is 10.8. The van der Waals surface area contributed by atoms with Gasteiger partial charge in [0.05, 0.1) is 7.11 Å². The SMILES string of the molecule is COc1ccc(CNCCCN(C)C)cc1OCc1cccnc1. The first-order chi connectivity index (χ1) is 11.7. The zero-order chi connectivity index (χ0) is 17.2. The van der Waals surface area contributed by atoms with E-state index in [1.54, 1.807) is 13.3 Å². The van der Waals surface area contributed by atoms with Crippen molar-refractivity contribution >= 4 is 0 Å². The minimum absolute atomic E-state index is 0.476. The van der Waals surface area contributed by atoms with Crippen LogP contribution in [-0.2, 0) is 13.2 Å². The summed E-state index contributed by atoms with van der Waals surface area (Å²) in [7, 11) is 5.84. The molecular weight excluding hydrogens is 302 g/mol. The van der Waals surface area contributed by atoms with Gasteiger partial charge in [0.15, 0.2) is 11.5 Å². The van der Waals surface area contributed by atoms with Crippen molar-refractivity contribution in [2.75, 3.05) is 34.3 Å². The van der Waals surface area contributed by atoms with E-state index in [0.29, 0.717) is 6.61 Å². The summed E-state index contributed by atoms with van der Waals surface area (Å²) in [5.74, 6) is 1.50. The number of benzene rings is 1. The molecule has 0 bridgehead atoms. The van der Waals surface area contributed by atoms with E-state index in [2.05, 4.69) is 35.4 Å². The fourth-order valence-electron chi connectivity index (χ4n) is 2.34. The summed E-state index contributed by atoms with van der Waals surface area (Å²) in [6.45, 7) is 3.38. The number of methoxy groups -OCH3 is 1. The highest BCUT2D eigenvalue weighted by molar-refractivity contribution is 5.43. The van der Waals surface area contributed by atoms with Crippen molar-refractivity contribution in [3.63, 3.8) is 0 Å². The second-order valence-corrected chi connectivity index (χ2v) is 5.97. The Balaban J connectivity index is 1.89. The average Bonchev–Trinajstić information content (AvgIpc) is 2.60. The zero-order valence-corrected chi connectivity index (χ0v) is 14.8. The molecule has 0 spiro atoms. The second-order valence-electron chi connectivity index (χ2n) is 5.97. The van der Waals surface area contributed by atoms with Gasteiger partial charge in [-0.1, -0.05) is 12.1 Å². The van der Waals surface area contributed by atoms with Gasteiger partial charge in [0.25, 0.3) is 0 Å². The third kappa shape index (κ3) is 6.18. The van der Waals surface area contributed by atoms with Crippen molar-refractivity contribution in [1.82, 2.24) is 15.2 Å². The minimum Gasteiger partial charge on any atom is -0.493 e. The Hall–Kier alpha value is -2.11. The van der Waals surface area contributed by atoms with E-state index in [1.165, 1.54) is 5.56 Å². The Morgan fingerprint density at radius 2 is 2.00 bits per heavy atom. The molecular formula is C19H27N3O2. The lowest BCUT2D eigenvalue weighted by molar-refractivity contribution is 0.283. The monoisotopic (exact) mass is 329 g/mol. The molecule has 0 unspecified atom stereocenters. The molecule has 130 valence electrons. The molecule has 1 aromatic carbocycles. The van der Waals surface area contributed by atoms with Crippen LogP contribution in [-0.4, -0.2) is 44.2 Å². The van der Waals surface area contributed by atoms with E-state index in [9.17, 15) is 0 Å². The number of hydrogen-bond donors (Lipinski definition) is 1. The maximum atomic E-state index is 5.91. The smallest absolute Gasteiger partial charge is 0.161 e. The summed E-state index contributed by atoms with van der Waals surface area (Å²) >= 11 is 0. The Bertz CT molecular complexity index is 603. The molecule has 2 aromatic rings. The lowest BCUT2D eigenvalue weighted by Gasteiger charge is -2.13. The van der Waals surface area contributed by atoms with Gasteiger partial charge in [-0.3, -0.25) is 4.98 Å². The highest BCUT2D eigenvalue weighted by Crippen LogP contribution is 2.28. The zero-order valence-electron chi connectivity index (χ0n) is 14.8. The molecule has 5 nitrogen and oxygen atoms in total. The molecule has 0 radical (unpaired) electrons. The van der Waals surface area contributed by atoms with Crippen molar-refractivity contribution in [1.29, 1.82) is 0 Å².